The van der Waals surface area contributed by atoms with Crippen molar-refractivity contribution in [2.45, 2.75) is 10.8 Å². The molecule has 2 aromatic carbocycles. The van der Waals surface area contributed by atoms with E-state index in [0.29, 0.717) is 41.8 Å². The number of rotatable bonds is 8. The van der Waals surface area contributed by atoms with Crippen molar-refractivity contribution < 1.29 is 23.8 Å². The van der Waals surface area contributed by atoms with E-state index < -0.39 is 0 Å². The SMILES string of the molecule is COc1ccc(NC(=O)CSc2nc(CC(=O)Nc3ccc4c(c3)OCCO4)cs2)cc1. The van der Waals surface area contributed by atoms with Gasteiger partial charge in [0.25, 0.3) is 0 Å². The van der Waals surface area contributed by atoms with Crippen molar-refractivity contribution in [3.8, 4) is 17.2 Å². The minimum Gasteiger partial charge on any atom is -0.497 e. The Morgan fingerprint density at radius 2 is 1.75 bits per heavy atom. The lowest BCUT2D eigenvalue weighted by Crippen LogP contribution is -2.17. The Hall–Kier alpha value is -3.24. The molecule has 10 heteroatoms. The minimum atomic E-state index is -0.180. The number of methoxy groups -OCH3 is 1. The molecule has 0 spiro atoms. The van der Waals surface area contributed by atoms with Gasteiger partial charge < -0.3 is 24.8 Å². The van der Waals surface area contributed by atoms with Gasteiger partial charge in [0.2, 0.25) is 11.8 Å². The molecule has 0 saturated carbocycles. The number of nitrogens with zero attached hydrogens (tertiary/aromatic N) is 1. The summed E-state index contributed by atoms with van der Waals surface area (Å²) in [5.41, 5.74) is 1.99. The Morgan fingerprint density at radius 1 is 1.03 bits per heavy atom. The lowest BCUT2D eigenvalue weighted by molar-refractivity contribution is -0.116. The number of thiazole rings is 1. The van der Waals surface area contributed by atoms with Gasteiger partial charge in [-0.05, 0) is 36.4 Å². The van der Waals surface area contributed by atoms with Crippen LogP contribution in [-0.4, -0.2) is 42.9 Å². The number of aromatic nitrogens is 1. The molecule has 166 valence electrons. The zero-order valence-electron chi connectivity index (χ0n) is 17.3. The summed E-state index contributed by atoms with van der Waals surface area (Å²) in [6, 6.07) is 12.4. The minimum absolute atomic E-state index is 0.131. The second-order valence-corrected chi connectivity index (χ2v) is 8.83. The molecule has 0 radical (unpaired) electrons. The Bertz CT molecular complexity index is 1100. The summed E-state index contributed by atoms with van der Waals surface area (Å²) in [6.45, 7) is 1.01. The maximum absolute atomic E-state index is 12.4. The fraction of sp³-hybridized carbons (Fsp3) is 0.227. The third-order valence-corrected chi connectivity index (χ3v) is 6.47. The van der Waals surface area contributed by atoms with Crippen LogP contribution in [0.2, 0.25) is 0 Å². The topological polar surface area (TPSA) is 98.8 Å². The molecule has 1 aliphatic rings. The number of benzene rings is 2. The van der Waals surface area contributed by atoms with Crippen molar-refractivity contribution in [1.29, 1.82) is 0 Å². The van der Waals surface area contributed by atoms with E-state index in [1.807, 2.05) is 5.38 Å². The zero-order chi connectivity index (χ0) is 22.3. The number of thioether (sulfide) groups is 1. The van der Waals surface area contributed by atoms with Gasteiger partial charge in [-0.2, -0.15) is 0 Å². The third-order valence-electron chi connectivity index (χ3n) is 4.40. The van der Waals surface area contributed by atoms with Crippen molar-refractivity contribution in [3.63, 3.8) is 0 Å². The van der Waals surface area contributed by atoms with Crippen LogP contribution < -0.4 is 24.8 Å². The van der Waals surface area contributed by atoms with Crippen LogP contribution >= 0.6 is 23.1 Å². The van der Waals surface area contributed by atoms with Crippen molar-refractivity contribution in [1.82, 2.24) is 4.98 Å². The van der Waals surface area contributed by atoms with Gasteiger partial charge in [0.1, 0.15) is 19.0 Å². The Morgan fingerprint density at radius 3 is 2.53 bits per heavy atom. The van der Waals surface area contributed by atoms with E-state index in [1.54, 1.807) is 49.6 Å². The fourth-order valence-corrected chi connectivity index (χ4v) is 4.57. The monoisotopic (exact) mass is 471 g/mol. The molecule has 3 aromatic rings. The molecule has 0 unspecified atom stereocenters. The number of hydrogen-bond acceptors (Lipinski definition) is 8. The number of carbonyl (C=O) groups is 2. The van der Waals surface area contributed by atoms with Crippen LogP contribution in [0.5, 0.6) is 17.2 Å². The van der Waals surface area contributed by atoms with E-state index in [4.69, 9.17) is 14.2 Å². The summed E-state index contributed by atoms with van der Waals surface area (Å²) in [4.78, 5) is 29.0. The predicted octanol–water partition coefficient (Wildman–Crippen LogP) is 3.83. The first-order chi connectivity index (χ1) is 15.6. The van der Waals surface area contributed by atoms with Crippen LogP contribution in [0.25, 0.3) is 0 Å². The van der Waals surface area contributed by atoms with Crippen molar-refractivity contribution >= 4 is 46.3 Å². The molecule has 2 amide bonds. The second kappa shape index (κ2) is 10.4. The summed E-state index contributed by atoms with van der Waals surface area (Å²) < 4.78 is 16.9. The maximum atomic E-state index is 12.4. The molecule has 8 nitrogen and oxygen atoms in total. The number of ether oxygens (including phenoxy) is 3. The molecule has 4 rings (SSSR count). The molecule has 1 aromatic heterocycles. The van der Waals surface area contributed by atoms with Crippen LogP contribution in [0.15, 0.2) is 52.2 Å². The van der Waals surface area contributed by atoms with E-state index in [0.717, 1.165) is 10.1 Å². The largest absolute Gasteiger partial charge is 0.497 e. The van der Waals surface area contributed by atoms with E-state index in [-0.39, 0.29) is 24.0 Å². The van der Waals surface area contributed by atoms with Gasteiger partial charge >= 0.3 is 0 Å². The highest BCUT2D eigenvalue weighted by Crippen LogP contribution is 2.32. The van der Waals surface area contributed by atoms with Crippen LogP contribution in [0.4, 0.5) is 11.4 Å². The van der Waals surface area contributed by atoms with E-state index in [2.05, 4.69) is 15.6 Å². The standard InChI is InChI=1S/C22H21N3O5S2/c1-28-17-5-2-14(3-6-17)23-21(27)13-32-22-25-16(12-31-22)11-20(26)24-15-4-7-18-19(10-15)30-9-8-29-18/h2-7,10,12H,8-9,11,13H2,1H3,(H,23,27)(H,24,26). The fourth-order valence-electron chi connectivity index (χ4n) is 2.93. The first-order valence-corrected chi connectivity index (χ1v) is 11.7. The maximum Gasteiger partial charge on any atom is 0.234 e. The first-order valence-electron chi connectivity index (χ1n) is 9.79. The van der Waals surface area contributed by atoms with Gasteiger partial charge in [-0.25, -0.2) is 4.98 Å². The van der Waals surface area contributed by atoms with Crippen LogP contribution in [-0.2, 0) is 16.0 Å². The molecule has 1 aliphatic heterocycles. The molecule has 0 atom stereocenters. The van der Waals surface area contributed by atoms with Crippen molar-refractivity contribution in [2.24, 2.45) is 0 Å². The highest BCUT2D eigenvalue weighted by molar-refractivity contribution is 8.01. The zero-order valence-corrected chi connectivity index (χ0v) is 18.9. The summed E-state index contributed by atoms with van der Waals surface area (Å²) in [6.07, 6.45) is 0.142. The lowest BCUT2D eigenvalue weighted by atomic mass is 10.2. The normalized spacial score (nSPS) is 12.2. The van der Waals surface area contributed by atoms with E-state index in [1.165, 1.54) is 23.1 Å². The molecule has 0 aliphatic carbocycles. The molecule has 32 heavy (non-hydrogen) atoms. The van der Waals surface area contributed by atoms with E-state index in [9.17, 15) is 9.59 Å². The summed E-state index contributed by atoms with van der Waals surface area (Å²) in [7, 11) is 1.59. The van der Waals surface area contributed by atoms with Crippen LogP contribution in [0.1, 0.15) is 5.69 Å². The average Bonchev–Trinajstić information content (AvgIpc) is 3.25. The summed E-state index contributed by atoms with van der Waals surface area (Å²) in [5.74, 6) is 1.93. The van der Waals surface area contributed by atoms with E-state index >= 15 is 0 Å². The van der Waals surface area contributed by atoms with Gasteiger partial charge in [-0.1, -0.05) is 11.8 Å². The average molecular weight is 472 g/mol. The van der Waals surface area contributed by atoms with Gasteiger partial charge in [-0.3, -0.25) is 9.59 Å². The van der Waals surface area contributed by atoms with Crippen molar-refractivity contribution in [3.05, 3.63) is 53.5 Å². The van der Waals surface area contributed by atoms with Crippen LogP contribution in [0.3, 0.4) is 0 Å². The van der Waals surface area contributed by atoms with Gasteiger partial charge in [-0.15, -0.1) is 11.3 Å². The molecule has 2 heterocycles. The second-order valence-electron chi connectivity index (χ2n) is 6.75. The number of hydrogen-bond donors (Lipinski definition) is 2. The van der Waals surface area contributed by atoms with Gasteiger partial charge in [0, 0.05) is 22.8 Å². The van der Waals surface area contributed by atoms with Gasteiger partial charge in [0.05, 0.1) is 25.0 Å². The first kappa shape index (κ1) is 22.0. The molecule has 0 saturated heterocycles. The smallest absolute Gasteiger partial charge is 0.234 e. The number of amides is 2. The predicted molar refractivity (Wildman–Crippen MR) is 124 cm³/mol. The highest BCUT2D eigenvalue weighted by atomic mass is 32.2. The number of nitrogens with one attached hydrogen (secondary N) is 2. The molecule has 0 fully saturated rings. The molecule has 2 N–H and O–H groups in total. The lowest BCUT2D eigenvalue weighted by Gasteiger charge is -2.18. The number of fused-ring (bicyclic) bond motifs is 1. The number of anilines is 2. The van der Waals surface area contributed by atoms with Crippen LogP contribution in [0, 0.1) is 0 Å². The van der Waals surface area contributed by atoms with Gasteiger partial charge in [0.15, 0.2) is 15.8 Å². The van der Waals surface area contributed by atoms with Crippen molar-refractivity contribution in [2.75, 3.05) is 36.7 Å². The summed E-state index contributed by atoms with van der Waals surface area (Å²) in [5, 5.41) is 7.50. The number of carbonyl (C=O) groups excluding carboxylic acids is 2. The Labute approximate surface area is 193 Å². The molecular formula is C22H21N3O5S2. The quantitative estimate of drug-likeness (QED) is 0.482. The molecule has 0 bridgehead atoms. The Kier molecular flexibility index (Phi) is 7.13. The Balaban J connectivity index is 1.24. The third kappa shape index (κ3) is 5.92. The highest BCUT2D eigenvalue weighted by Gasteiger charge is 2.14. The summed E-state index contributed by atoms with van der Waals surface area (Å²) >= 11 is 2.74. The molecular weight excluding hydrogens is 450 g/mol.